The van der Waals surface area contributed by atoms with Crippen molar-refractivity contribution in [3.05, 3.63) is 59.8 Å². The second-order valence-electron chi connectivity index (χ2n) is 6.60. The number of aryl methyl sites for hydroxylation is 1. The van der Waals surface area contributed by atoms with E-state index >= 15 is 0 Å². The molecule has 0 aliphatic carbocycles. The minimum absolute atomic E-state index is 0.703. The zero-order chi connectivity index (χ0) is 19.9. The van der Waals surface area contributed by atoms with Gasteiger partial charge in [0.05, 0.1) is 26.9 Å². The van der Waals surface area contributed by atoms with Crippen LogP contribution in [0.3, 0.4) is 0 Å². The molecule has 0 fully saturated rings. The molecule has 0 N–H and O–H groups in total. The Labute approximate surface area is 167 Å². The first-order valence-corrected chi connectivity index (χ1v) is 9.61. The summed E-state index contributed by atoms with van der Waals surface area (Å²) in [7, 11) is 4.95. The molecule has 0 unspecified atom stereocenters. The van der Waals surface area contributed by atoms with Gasteiger partial charge >= 0.3 is 0 Å². The first-order chi connectivity index (χ1) is 13.7. The molecule has 1 aromatic heterocycles. The van der Waals surface area contributed by atoms with Gasteiger partial charge in [0, 0.05) is 42.1 Å². The van der Waals surface area contributed by atoms with E-state index in [-0.39, 0.29) is 0 Å². The van der Waals surface area contributed by atoms with E-state index in [9.17, 15) is 0 Å². The lowest BCUT2D eigenvalue weighted by Crippen LogP contribution is -2.37. The summed E-state index contributed by atoms with van der Waals surface area (Å²) in [6.07, 6.45) is 6.45. The van der Waals surface area contributed by atoms with Crippen molar-refractivity contribution in [3.8, 4) is 17.2 Å². The summed E-state index contributed by atoms with van der Waals surface area (Å²) in [5, 5.41) is 1.25. The molecule has 0 radical (unpaired) electrons. The van der Waals surface area contributed by atoms with Gasteiger partial charge in [-0.05, 0) is 18.2 Å². The fourth-order valence-electron chi connectivity index (χ4n) is 3.36. The fraction of sp³-hybridized carbons (Fsp3) is 0.292. The molecule has 0 aliphatic heterocycles. The third-order valence-electron chi connectivity index (χ3n) is 4.88. The number of unbranched alkanes of at least 4 members (excludes halogenated alkanes) is 1. The van der Waals surface area contributed by atoms with Crippen molar-refractivity contribution in [3.63, 3.8) is 0 Å². The molecule has 0 spiro atoms. The van der Waals surface area contributed by atoms with Crippen LogP contribution in [-0.4, -0.2) is 21.3 Å². The van der Waals surface area contributed by atoms with E-state index in [1.54, 1.807) is 21.3 Å². The minimum atomic E-state index is 0.703. The molecule has 0 atom stereocenters. The summed E-state index contributed by atoms with van der Waals surface area (Å²) in [5.74, 6) is 2.14. The molecule has 0 bridgehead atoms. The molecule has 3 rings (SSSR count). The Morgan fingerprint density at radius 1 is 0.857 bits per heavy atom. The van der Waals surface area contributed by atoms with Crippen molar-refractivity contribution in [1.29, 1.82) is 0 Å². The molecular formula is C24H28NO3+. The van der Waals surface area contributed by atoms with Gasteiger partial charge in [0.15, 0.2) is 0 Å². The number of rotatable bonds is 8. The minimum Gasteiger partial charge on any atom is -0.496 e. The van der Waals surface area contributed by atoms with Gasteiger partial charge in [-0.2, -0.15) is 4.57 Å². The number of methoxy groups -OCH3 is 3. The van der Waals surface area contributed by atoms with Crippen molar-refractivity contribution in [2.75, 3.05) is 21.3 Å². The molecule has 2 aromatic carbocycles. The van der Waals surface area contributed by atoms with Gasteiger partial charge < -0.3 is 14.2 Å². The number of ether oxygens (including phenoxy) is 3. The van der Waals surface area contributed by atoms with E-state index in [0.717, 1.165) is 30.6 Å². The summed E-state index contributed by atoms with van der Waals surface area (Å²) in [6.45, 7) is 3.20. The second-order valence-corrected chi connectivity index (χ2v) is 6.60. The number of benzene rings is 2. The van der Waals surface area contributed by atoms with Crippen LogP contribution in [0.15, 0.2) is 48.5 Å². The predicted octanol–water partition coefficient (Wildman–Crippen LogP) is 5.12. The molecule has 4 nitrogen and oxygen atoms in total. The Bertz CT molecular complexity index is 954. The zero-order valence-corrected chi connectivity index (χ0v) is 17.1. The molecule has 0 saturated heterocycles. The zero-order valence-electron chi connectivity index (χ0n) is 17.1. The SMILES string of the molecule is CCCC[n+]1c(/C=C\c2c(OC)cc(OC)cc2OC)ccc2ccccc21. The molecular weight excluding hydrogens is 350 g/mol. The van der Waals surface area contributed by atoms with Gasteiger partial charge in [-0.1, -0.05) is 25.5 Å². The molecule has 0 amide bonds. The maximum Gasteiger partial charge on any atom is 0.212 e. The van der Waals surface area contributed by atoms with Crippen LogP contribution >= 0.6 is 0 Å². The van der Waals surface area contributed by atoms with Gasteiger partial charge in [0.1, 0.15) is 23.8 Å². The topological polar surface area (TPSA) is 31.6 Å². The monoisotopic (exact) mass is 378 g/mol. The molecule has 0 saturated carbocycles. The van der Waals surface area contributed by atoms with E-state index < -0.39 is 0 Å². The van der Waals surface area contributed by atoms with Gasteiger partial charge in [-0.3, -0.25) is 0 Å². The number of aromatic nitrogens is 1. The molecule has 146 valence electrons. The average Bonchev–Trinajstić information content (AvgIpc) is 2.75. The molecule has 28 heavy (non-hydrogen) atoms. The van der Waals surface area contributed by atoms with Crippen LogP contribution in [0.2, 0.25) is 0 Å². The summed E-state index contributed by atoms with van der Waals surface area (Å²) in [4.78, 5) is 0. The van der Waals surface area contributed by atoms with Gasteiger partial charge in [-0.25, -0.2) is 0 Å². The van der Waals surface area contributed by atoms with Crippen LogP contribution in [0.4, 0.5) is 0 Å². The molecule has 4 heteroatoms. The number of para-hydroxylation sites is 1. The highest BCUT2D eigenvalue weighted by Crippen LogP contribution is 2.35. The van der Waals surface area contributed by atoms with Crippen molar-refractivity contribution in [2.24, 2.45) is 0 Å². The highest BCUT2D eigenvalue weighted by atomic mass is 16.5. The lowest BCUT2D eigenvalue weighted by Gasteiger charge is -2.12. The smallest absolute Gasteiger partial charge is 0.212 e. The Balaban J connectivity index is 2.08. The normalized spacial score (nSPS) is 11.1. The maximum atomic E-state index is 5.57. The third-order valence-corrected chi connectivity index (χ3v) is 4.88. The Morgan fingerprint density at radius 3 is 2.21 bits per heavy atom. The van der Waals surface area contributed by atoms with Gasteiger partial charge in [0.25, 0.3) is 0 Å². The Kier molecular flexibility index (Phi) is 6.53. The first-order valence-electron chi connectivity index (χ1n) is 9.61. The van der Waals surface area contributed by atoms with E-state index in [2.05, 4.69) is 54.0 Å². The fourth-order valence-corrected chi connectivity index (χ4v) is 3.36. The van der Waals surface area contributed by atoms with E-state index in [4.69, 9.17) is 14.2 Å². The lowest BCUT2D eigenvalue weighted by molar-refractivity contribution is -0.673. The van der Waals surface area contributed by atoms with Gasteiger partial charge in [-0.15, -0.1) is 0 Å². The highest BCUT2D eigenvalue weighted by Gasteiger charge is 2.15. The van der Waals surface area contributed by atoms with E-state index in [1.165, 1.54) is 10.9 Å². The standard InChI is InChI=1S/C24H28NO3/c1-5-6-15-25-19(12-11-18-9-7-8-10-22(18)25)13-14-21-23(27-3)16-20(26-2)17-24(21)28-4/h7-14,16-17H,5-6,15H2,1-4H3/q+1/b14-13-. The molecule has 0 aliphatic rings. The quantitative estimate of drug-likeness (QED) is 0.510. The van der Waals surface area contributed by atoms with Crippen molar-refractivity contribution in [1.82, 2.24) is 0 Å². The number of pyridine rings is 1. The van der Waals surface area contributed by atoms with Crippen molar-refractivity contribution in [2.45, 2.75) is 26.3 Å². The molecule has 1 heterocycles. The number of hydrogen-bond acceptors (Lipinski definition) is 3. The number of nitrogens with zero attached hydrogens (tertiary/aromatic N) is 1. The van der Waals surface area contributed by atoms with E-state index in [1.807, 2.05) is 18.2 Å². The van der Waals surface area contributed by atoms with Crippen LogP contribution in [-0.2, 0) is 6.54 Å². The summed E-state index contributed by atoms with van der Waals surface area (Å²) >= 11 is 0. The lowest BCUT2D eigenvalue weighted by atomic mass is 10.1. The maximum absolute atomic E-state index is 5.57. The third kappa shape index (κ3) is 4.11. The molecule has 3 aromatic rings. The Morgan fingerprint density at radius 2 is 1.57 bits per heavy atom. The second kappa shape index (κ2) is 9.27. The Hall–Kier alpha value is -3.01. The predicted molar refractivity (Wildman–Crippen MR) is 114 cm³/mol. The first kappa shape index (κ1) is 19.7. The van der Waals surface area contributed by atoms with Crippen molar-refractivity contribution >= 4 is 23.1 Å². The van der Waals surface area contributed by atoms with E-state index in [0.29, 0.717) is 17.2 Å². The highest BCUT2D eigenvalue weighted by molar-refractivity contribution is 5.79. The van der Waals surface area contributed by atoms with Crippen LogP contribution in [0.25, 0.3) is 23.1 Å². The van der Waals surface area contributed by atoms with Crippen LogP contribution in [0.5, 0.6) is 17.2 Å². The van der Waals surface area contributed by atoms with Gasteiger partial charge in [0.2, 0.25) is 11.2 Å². The average molecular weight is 378 g/mol. The number of hydrogen-bond donors (Lipinski definition) is 0. The number of fused-ring (bicyclic) bond motifs is 1. The summed E-state index contributed by atoms with van der Waals surface area (Å²) in [6, 6.07) is 16.6. The van der Waals surface area contributed by atoms with Crippen LogP contribution in [0.1, 0.15) is 31.0 Å². The van der Waals surface area contributed by atoms with Crippen molar-refractivity contribution < 1.29 is 18.8 Å². The largest absolute Gasteiger partial charge is 0.496 e. The summed E-state index contributed by atoms with van der Waals surface area (Å²) < 4.78 is 18.8. The summed E-state index contributed by atoms with van der Waals surface area (Å²) in [5.41, 5.74) is 3.28. The van der Waals surface area contributed by atoms with Crippen LogP contribution < -0.4 is 18.8 Å². The van der Waals surface area contributed by atoms with Crippen LogP contribution in [0, 0.1) is 0 Å².